The lowest BCUT2D eigenvalue weighted by molar-refractivity contribution is -0.116. The van der Waals surface area contributed by atoms with Gasteiger partial charge < -0.3 is 4.74 Å². The van der Waals surface area contributed by atoms with E-state index in [1.54, 1.807) is 6.92 Å². The molecule has 3 nitrogen and oxygen atoms in total. The van der Waals surface area contributed by atoms with Gasteiger partial charge in [0.15, 0.2) is 5.78 Å². The average Bonchev–Trinajstić information content (AvgIpc) is 3.24. The van der Waals surface area contributed by atoms with Crippen molar-refractivity contribution >= 4 is 22.7 Å². The Morgan fingerprint density at radius 2 is 1.73 bits per heavy atom. The standard InChI is InChI=1S/C27H28O3/c1-4-27(5-2)17-25(29)24-16-23(12-13-26(24)30-27)22-11-10-21(15-22)20-8-6-19(7-9-20)14-18(3)28/h6-10,12-13,15-16H,4-5,11,14,17H2,1-3H3. The molecule has 1 heterocycles. The predicted octanol–water partition coefficient (Wildman–Crippen LogP) is 6.21. The number of allylic oxidation sites excluding steroid dienone is 4. The lowest BCUT2D eigenvalue weighted by Crippen LogP contribution is -2.40. The summed E-state index contributed by atoms with van der Waals surface area (Å²) in [5, 5.41) is 0. The SMILES string of the molecule is CCC1(CC)CC(=O)c2cc(C3=CC(c4ccc(CC(C)=O)cc4)=CC3)ccc2O1. The number of Topliss-reactive ketones (excluding diaryl/α,β-unsaturated/α-hetero) is 2. The number of hydrogen-bond donors (Lipinski definition) is 0. The Hall–Kier alpha value is -2.94. The van der Waals surface area contributed by atoms with Crippen molar-refractivity contribution in [1.82, 2.24) is 0 Å². The molecule has 0 atom stereocenters. The van der Waals surface area contributed by atoms with Crippen LogP contribution in [0.2, 0.25) is 0 Å². The average molecular weight is 401 g/mol. The van der Waals surface area contributed by atoms with Crippen molar-refractivity contribution < 1.29 is 14.3 Å². The quantitative estimate of drug-likeness (QED) is 0.579. The van der Waals surface area contributed by atoms with Crippen molar-refractivity contribution in [1.29, 1.82) is 0 Å². The number of ketones is 2. The molecular formula is C27H28O3. The minimum Gasteiger partial charge on any atom is -0.486 e. The summed E-state index contributed by atoms with van der Waals surface area (Å²) in [6.45, 7) is 5.78. The molecule has 0 radical (unpaired) electrons. The van der Waals surface area contributed by atoms with E-state index < -0.39 is 0 Å². The molecule has 0 N–H and O–H groups in total. The van der Waals surface area contributed by atoms with Crippen molar-refractivity contribution in [3.8, 4) is 5.75 Å². The molecule has 0 amide bonds. The molecule has 0 saturated heterocycles. The van der Waals surface area contributed by atoms with Gasteiger partial charge in [-0.1, -0.05) is 56.3 Å². The molecule has 1 aliphatic carbocycles. The molecule has 154 valence electrons. The third-order valence-electron chi connectivity index (χ3n) is 6.36. The van der Waals surface area contributed by atoms with Gasteiger partial charge in [-0.25, -0.2) is 0 Å². The highest BCUT2D eigenvalue weighted by Gasteiger charge is 2.37. The Labute approximate surface area is 178 Å². The topological polar surface area (TPSA) is 43.4 Å². The maximum absolute atomic E-state index is 12.8. The summed E-state index contributed by atoms with van der Waals surface area (Å²) < 4.78 is 6.26. The Balaban J connectivity index is 1.56. The van der Waals surface area contributed by atoms with Gasteiger partial charge in [0, 0.05) is 6.42 Å². The smallest absolute Gasteiger partial charge is 0.170 e. The molecule has 2 aliphatic rings. The fourth-order valence-corrected chi connectivity index (χ4v) is 4.37. The number of benzene rings is 2. The number of ether oxygens (including phenoxy) is 1. The van der Waals surface area contributed by atoms with E-state index >= 15 is 0 Å². The Bertz CT molecular complexity index is 1050. The van der Waals surface area contributed by atoms with Crippen LogP contribution in [0, 0.1) is 0 Å². The normalized spacial score (nSPS) is 17.1. The molecule has 2 aromatic rings. The molecule has 30 heavy (non-hydrogen) atoms. The van der Waals surface area contributed by atoms with E-state index in [2.05, 4.69) is 44.2 Å². The third kappa shape index (κ3) is 3.89. The van der Waals surface area contributed by atoms with Crippen molar-refractivity contribution in [3.05, 3.63) is 76.9 Å². The van der Waals surface area contributed by atoms with E-state index in [0.717, 1.165) is 36.0 Å². The van der Waals surface area contributed by atoms with Gasteiger partial charge in [0.25, 0.3) is 0 Å². The number of hydrogen-bond acceptors (Lipinski definition) is 3. The maximum atomic E-state index is 12.8. The zero-order valence-corrected chi connectivity index (χ0v) is 18.0. The third-order valence-corrected chi connectivity index (χ3v) is 6.36. The van der Waals surface area contributed by atoms with Crippen LogP contribution in [0.1, 0.15) is 73.5 Å². The first-order valence-corrected chi connectivity index (χ1v) is 10.8. The van der Waals surface area contributed by atoms with Crippen LogP contribution in [0.15, 0.2) is 54.6 Å². The summed E-state index contributed by atoms with van der Waals surface area (Å²) in [6.07, 6.45) is 7.84. The molecule has 0 saturated carbocycles. The summed E-state index contributed by atoms with van der Waals surface area (Å²) >= 11 is 0. The van der Waals surface area contributed by atoms with Gasteiger partial charge >= 0.3 is 0 Å². The number of carbonyl (C=O) groups is 2. The monoisotopic (exact) mass is 400 g/mol. The predicted molar refractivity (Wildman–Crippen MR) is 121 cm³/mol. The van der Waals surface area contributed by atoms with E-state index in [-0.39, 0.29) is 17.2 Å². The summed E-state index contributed by atoms with van der Waals surface area (Å²) in [7, 11) is 0. The minimum atomic E-state index is -0.360. The van der Waals surface area contributed by atoms with Crippen LogP contribution < -0.4 is 4.74 Å². The van der Waals surface area contributed by atoms with Gasteiger partial charge in [0.05, 0.1) is 12.0 Å². The van der Waals surface area contributed by atoms with E-state index in [0.29, 0.717) is 24.2 Å². The second-order valence-corrected chi connectivity index (χ2v) is 8.41. The van der Waals surface area contributed by atoms with Gasteiger partial charge in [-0.05, 0) is 66.2 Å². The lowest BCUT2D eigenvalue weighted by Gasteiger charge is -2.36. The number of carbonyl (C=O) groups excluding carboxylic acids is 2. The van der Waals surface area contributed by atoms with Gasteiger partial charge in [0.1, 0.15) is 17.1 Å². The van der Waals surface area contributed by atoms with Crippen molar-refractivity contribution in [2.75, 3.05) is 0 Å². The molecular weight excluding hydrogens is 372 g/mol. The number of rotatable bonds is 6. The molecule has 0 aromatic heterocycles. The van der Waals surface area contributed by atoms with Crippen molar-refractivity contribution in [3.63, 3.8) is 0 Å². The van der Waals surface area contributed by atoms with Crippen molar-refractivity contribution in [2.45, 2.75) is 58.5 Å². The molecule has 1 aliphatic heterocycles. The Kier molecular flexibility index (Phi) is 5.46. The molecule has 3 heteroatoms. The highest BCUT2D eigenvalue weighted by atomic mass is 16.5. The highest BCUT2D eigenvalue weighted by Crippen LogP contribution is 2.40. The van der Waals surface area contributed by atoms with Gasteiger partial charge in [0.2, 0.25) is 0 Å². The van der Waals surface area contributed by atoms with Crippen LogP contribution in [-0.2, 0) is 11.2 Å². The van der Waals surface area contributed by atoms with Crippen LogP contribution in [0.4, 0.5) is 0 Å². The van der Waals surface area contributed by atoms with Crippen molar-refractivity contribution in [2.24, 2.45) is 0 Å². The van der Waals surface area contributed by atoms with E-state index in [9.17, 15) is 9.59 Å². The fourth-order valence-electron chi connectivity index (χ4n) is 4.37. The molecule has 0 unspecified atom stereocenters. The van der Waals surface area contributed by atoms with Crippen LogP contribution in [-0.4, -0.2) is 17.2 Å². The Morgan fingerprint density at radius 1 is 1.03 bits per heavy atom. The summed E-state index contributed by atoms with van der Waals surface area (Å²) in [4.78, 5) is 24.1. The Morgan fingerprint density at radius 3 is 2.40 bits per heavy atom. The summed E-state index contributed by atoms with van der Waals surface area (Å²) in [5.74, 6) is 1.06. The molecule has 4 rings (SSSR count). The second-order valence-electron chi connectivity index (χ2n) is 8.41. The first-order chi connectivity index (χ1) is 14.4. The van der Waals surface area contributed by atoms with E-state index in [1.165, 1.54) is 11.1 Å². The van der Waals surface area contributed by atoms with Gasteiger partial charge in [-0.15, -0.1) is 0 Å². The van der Waals surface area contributed by atoms with Crippen LogP contribution in [0.25, 0.3) is 11.1 Å². The second kappa shape index (κ2) is 8.06. The largest absolute Gasteiger partial charge is 0.486 e. The minimum absolute atomic E-state index is 0.172. The van der Waals surface area contributed by atoms with Gasteiger partial charge in [-0.2, -0.15) is 0 Å². The van der Waals surface area contributed by atoms with Crippen LogP contribution in [0.3, 0.4) is 0 Å². The first kappa shape index (κ1) is 20.3. The first-order valence-electron chi connectivity index (χ1n) is 10.8. The summed E-state index contributed by atoms with van der Waals surface area (Å²) in [6, 6.07) is 14.2. The number of fused-ring (bicyclic) bond motifs is 1. The zero-order valence-electron chi connectivity index (χ0n) is 18.0. The fraction of sp³-hybridized carbons (Fsp3) is 0.333. The highest BCUT2D eigenvalue weighted by molar-refractivity contribution is 6.01. The summed E-state index contributed by atoms with van der Waals surface area (Å²) in [5.41, 5.74) is 5.98. The molecule has 0 bridgehead atoms. The molecule has 0 fully saturated rings. The maximum Gasteiger partial charge on any atom is 0.170 e. The van der Waals surface area contributed by atoms with Gasteiger partial charge in [-0.3, -0.25) is 9.59 Å². The molecule has 2 aromatic carbocycles. The van der Waals surface area contributed by atoms with E-state index in [4.69, 9.17) is 4.74 Å². The lowest BCUT2D eigenvalue weighted by atomic mass is 9.85. The van der Waals surface area contributed by atoms with E-state index in [1.807, 2.05) is 24.3 Å². The molecule has 0 spiro atoms. The van der Waals surface area contributed by atoms with Crippen LogP contribution in [0.5, 0.6) is 5.75 Å². The van der Waals surface area contributed by atoms with Crippen LogP contribution >= 0.6 is 0 Å². The zero-order chi connectivity index (χ0) is 21.3.